The van der Waals surface area contributed by atoms with E-state index in [1.807, 2.05) is 30.9 Å². The highest BCUT2D eigenvalue weighted by atomic mass is 16.5. The quantitative estimate of drug-likeness (QED) is 0.520. The Bertz CT molecular complexity index is 565. The van der Waals surface area contributed by atoms with Gasteiger partial charge >= 0.3 is 5.97 Å². The van der Waals surface area contributed by atoms with Crippen LogP contribution < -0.4 is 15.4 Å². The third kappa shape index (κ3) is 3.05. The third-order valence-corrected chi connectivity index (χ3v) is 3.43. The molecule has 5 heteroatoms. The van der Waals surface area contributed by atoms with E-state index in [2.05, 4.69) is 5.92 Å². The second-order valence-corrected chi connectivity index (χ2v) is 5.01. The number of nitrogens with zero attached hydrogens (tertiary/aromatic N) is 1. The molecule has 2 rings (SSSR count). The average molecular weight is 288 g/mol. The van der Waals surface area contributed by atoms with E-state index >= 15 is 0 Å². The number of carbonyl (C=O) groups is 1. The number of para-hydroxylation sites is 1. The van der Waals surface area contributed by atoms with Crippen molar-refractivity contribution in [3.8, 4) is 18.1 Å². The molecule has 0 amide bonds. The number of fused-ring (bicyclic) bond motifs is 1. The van der Waals surface area contributed by atoms with Crippen molar-refractivity contribution in [3.05, 3.63) is 18.2 Å². The minimum Gasteiger partial charge on any atom is -0.487 e. The van der Waals surface area contributed by atoms with Gasteiger partial charge in [0.05, 0.1) is 12.2 Å². The zero-order valence-corrected chi connectivity index (χ0v) is 12.3. The van der Waals surface area contributed by atoms with Gasteiger partial charge in [0.15, 0.2) is 6.61 Å². The summed E-state index contributed by atoms with van der Waals surface area (Å²) in [6.45, 7) is 4.44. The van der Waals surface area contributed by atoms with Crippen LogP contribution in [0.4, 0.5) is 11.4 Å². The molecule has 0 bridgehead atoms. The molecule has 2 N–H and O–H groups in total. The predicted octanol–water partition coefficient (Wildman–Crippen LogP) is 1.81. The Morgan fingerprint density at radius 3 is 3.10 bits per heavy atom. The Kier molecular flexibility index (Phi) is 4.59. The van der Waals surface area contributed by atoms with Crippen molar-refractivity contribution in [1.82, 2.24) is 0 Å². The second kappa shape index (κ2) is 6.40. The summed E-state index contributed by atoms with van der Waals surface area (Å²) in [5.74, 6) is 2.67. The predicted molar refractivity (Wildman–Crippen MR) is 82.2 cm³/mol. The molecule has 1 aromatic rings. The van der Waals surface area contributed by atoms with Crippen LogP contribution in [0.5, 0.6) is 5.75 Å². The van der Waals surface area contributed by atoms with Crippen LogP contribution in [0.3, 0.4) is 0 Å². The maximum absolute atomic E-state index is 12.2. The SMILES string of the molecule is C#CCOC(=O)C(CC)N1CC(C)Oc2cccc(N)c21. The Morgan fingerprint density at radius 1 is 1.67 bits per heavy atom. The number of carbonyl (C=O) groups excluding carboxylic acids is 1. The van der Waals surface area contributed by atoms with Gasteiger partial charge in [0.25, 0.3) is 0 Å². The molecule has 0 aliphatic carbocycles. The van der Waals surface area contributed by atoms with Crippen LogP contribution in [0.15, 0.2) is 18.2 Å². The van der Waals surface area contributed by atoms with Gasteiger partial charge in [-0.1, -0.05) is 18.9 Å². The summed E-state index contributed by atoms with van der Waals surface area (Å²) in [5.41, 5.74) is 7.40. The van der Waals surface area contributed by atoms with Crippen LogP contribution in [0.2, 0.25) is 0 Å². The Morgan fingerprint density at radius 2 is 2.43 bits per heavy atom. The first-order chi connectivity index (χ1) is 10.1. The van der Waals surface area contributed by atoms with Gasteiger partial charge in [0.2, 0.25) is 0 Å². The summed E-state index contributed by atoms with van der Waals surface area (Å²) >= 11 is 0. The van der Waals surface area contributed by atoms with Crippen LogP contribution in [-0.2, 0) is 9.53 Å². The van der Waals surface area contributed by atoms with Crippen molar-refractivity contribution < 1.29 is 14.3 Å². The summed E-state index contributed by atoms with van der Waals surface area (Å²) in [5, 5.41) is 0. The first kappa shape index (κ1) is 15.0. The largest absolute Gasteiger partial charge is 0.487 e. The molecule has 0 saturated carbocycles. The number of nitrogen functional groups attached to an aromatic ring is 1. The van der Waals surface area contributed by atoms with Crippen molar-refractivity contribution in [2.45, 2.75) is 32.4 Å². The summed E-state index contributed by atoms with van der Waals surface area (Å²) in [7, 11) is 0. The standard InChI is InChI=1S/C16H20N2O3/c1-4-9-20-16(19)13(5-2)18-10-11(3)21-14-8-6-7-12(17)15(14)18/h1,6-8,11,13H,5,9-10,17H2,2-3H3. The molecule has 0 spiro atoms. The second-order valence-electron chi connectivity index (χ2n) is 5.01. The number of terminal acetylenes is 1. The van der Waals surface area contributed by atoms with Crippen molar-refractivity contribution in [2.24, 2.45) is 0 Å². The summed E-state index contributed by atoms with van der Waals surface area (Å²) in [6.07, 6.45) is 5.71. The van der Waals surface area contributed by atoms with Gasteiger partial charge < -0.3 is 20.1 Å². The van der Waals surface area contributed by atoms with E-state index in [0.29, 0.717) is 24.4 Å². The molecule has 1 aliphatic rings. The maximum Gasteiger partial charge on any atom is 0.329 e. The molecule has 5 nitrogen and oxygen atoms in total. The number of rotatable bonds is 4. The van der Waals surface area contributed by atoms with Crippen molar-refractivity contribution in [3.63, 3.8) is 0 Å². The normalized spacial score (nSPS) is 18.1. The molecular weight excluding hydrogens is 268 g/mol. The van der Waals surface area contributed by atoms with E-state index in [9.17, 15) is 4.79 Å². The third-order valence-electron chi connectivity index (χ3n) is 3.43. The van der Waals surface area contributed by atoms with Crippen LogP contribution in [0.1, 0.15) is 20.3 Å². The number of hydrogen-bond donors (Lipinski definition) is 1. The molecule has 112 valence electrons. The molecule has 0 saturated heterocycles. The van der Waals surface area contributed by atoms with Gasteiger partial charge in [-0.3, -0.25) is 0 Å². The lowest BCUT2D eigenvalue weighted by Gasteiger charge is -2.39. The van der Waals surface area contributed by atoms with Gasteiger partial charge in [-0.25, -0.2) is 4.79 Å². The minimum absolute atomic E-state index is 0.0215. The van der Waals surface area contributed by atoms with Crippen LogP contribution in [-0.4, -0.2) is 31.3 Å². The fraction of sp³-hybridized carbons (Fsp3) is 0.438. The van der Waals surface area contributed by atoms with Crippen molar-refractivity contribution >= 4 is 17.3 Å². The molecular formula is C16H20N2O3. The van der Waals surface area contributed by atoms with Gasteiger partial charge in [-0.05, 0) is 25.5 Å². The smallest absolute Gasteiger partial charge is 0.329 e. The lowest BCUT2D eigenvalue weighted by molar-refractivity contribution is -0.144. The van der Waals surface area contributed by atoms with Crippen molar-refractivity contribution in [1.29, 1.82) is 0 Å². The van der Waals surface area contributed by atoms with E-state index in [4.69, 9.17) is 21.6 Å². The van der Waals surface area contributed by atoms with E-state index in [0.717, 1.165) is 5.69 Å². The molecule has 0 fully saturated rings. The van der Waals surface area contributed by atoms with E-state index in [1.165, 1.54) is 0 Å². The molecule has 1 aliphatic heterocycles. The highest BCUT2D eigenvalue weighted by Crippen LogP contribution is 2.39. The Hall–Kier alpha value is -2.35. The lowest BCUT2D eigenvalue weighted by Crippen LogP contribution is -2.49. The lowest BCUT2D eigenvalue weighted by atomic mass is 10.1. The molecule has 21 heavy (non-hydrogen) atoms. The molecule has 2 atom stereocenters. The van der Waals surface area contributed by atoms with E-state index in [1.54, 1.807) is 6.07 Å². The highest BCUT2D eigenvalue weighted by molar-refractivity contribution is 5.85. The van der Waals surface area contributed by atoms with Gasteiger partial charge in [0, 0.05) is 0 Å². The molecule has 1 aromatic carbocycles. The minimum atomic E-state index is -0.423. The fourth-order valence-corrected chi connectivity index (χ4v) is 2.57. The van der Waals surface area contributed by atoms with Crippen molar-refractivity contribution in [2.75, 3.05) is 23.8 Å². The zero-order valence-electron chi connectivity index (χ0n) is 12.3. The monoisotopic (exact) mass is 288 g/mol. The highest BCUT2D eigenvalue weighted by Gasteiger charge is 2.33. The first-order valence-electron chi connectivity index (χ1n) is 7.00. The molecule has 1 heterocycles. The summed E-state index contributed by atoms with van der Waals surface area (Å²) in [6, 6.07) is 5.06. The number of benzene rings is 1. The van der Waals surface area contributed by atoms with Gasteiger partial charge in [-0.15, -0.1) is 6.42 Å². The van der Waals surface area contributed by atoms with E-state index in [-0.39, 0.29) is 18.7 Å². The van der Waals surface area contributed by atoms with Gasteiger partial charge in [0.1, 0.15) is 23.6 Å². The Labute approximate surface area is 125 Å². The summed E-state index contributed by atoms with van der Waals surface area (Å²) in [4.78, 5) is 14.2. The zero-order chi connectivity index (χ0) is 15.4. The fourth-order valence-electron chi connectivity index (χ4n) is 2.57. The number of esters is 1. The van der Waals surface area contributed by atoms with Gasteiger partial charge in [-0.2, -0.15) is 0 Å². The maximum atomic E-state index is 12.2. The van der Waals surface area contributed by atoms with Crippen LogP contribution in [0.25, 0.3) is 0 Å². The molecule has 2 unspecified atom stereocenters. The molecule has 0 radical (unpaired) electrons. The molecule has 0 aromatic heterocycles. The average Bonchev–Trinajstić information content (AvgIpc) is 2.45. The van der Waals surface area contributed by atoms with Crippen LogP contribution in [0, 0.1) is 12.3 Å². The number of ether oxygens (including phenoxy) is 2. The first-order valence-corrected chi connectivity index (χ1v) is 7.00. The van der Waals surface area contributed by atoms with Crippen LogP contribution >= 0.6 is 0 Å². The van der Waals surface area contributed by atoms with E-state index < -0.39 is 6.04 Å². The number of hydrogen-bond acceptors (Lipinski definition) is 5. The Balaban J connectivity index is 2.34. The summed E-state index contributed by atoms with van der Waals surface area (Å²) < 4.78 is 10.9. The topological polar surface area (TPSA) is 64.8 Å². The number of anilines is 2. The number of nitrogens with two attached hydrogens (primary N) is 1.